The number of nitrogens with two attached hydrogens (primary N) is 1. The van der Waals surface area contributed by atoms with Crippen molar-refractivity contribution in [1.82, 2.24) is 0 Å². The number of hydrogen-bond donors (Lipinski definition) is 7. The number of nitrogens with zero attached hydrogens (tertiary/aromatic N) is 6. The van der Waals surface area contributed by atoms with Crippen molar-refractivity contribution >= 4 is 128 Å². The van der Waals surface area contributed by atoms with Crippen LogP contribution < -0.4 is 15.8 Å². The molecule has 7 aromatic carbocycles. The Labute approximate surface area is 380 Å². The molecule has 0 saturated heterocycles. The highest BCUT2D eigenvalue weighted by atomic mass is 32.2. The molecular weight excluding hydrogens is 949 g/mol. The summed E-state index contributed by atoms with van der Waals surface area (Å²) in [7, 11) is -8.17. The van der Waals surface area contributed by atoms with E-state index in [0.29, 0.717) is 22.6 Å². The third-order valence-corrected chi connectivity index (χ3v) is 12.3. The molecule has 66 heavy (non-hydrogen) atoms. The average molecular weight is 979 g/mol. The van der Waals surface area contributed by atoms with E-state index >= 15 is 0 Å². The quantitative estimate of drug-likeness (QED) is 0.0118. The highest BCUT2D eigenvalue weighted by molar-refractivity contribution is 7.95. The van der Waals surface area contributed by atoms with Crippen molar-refractivity contribution in [3.8, 4) is 11.5 Å². The van der Waals surface area contributed by atoms with Gasteiger partial charge in [0.2, 0.25) is 5.91 Å². The number of methoxy groups -OCH3 is 1. The Hall–Kier alpha value is -6.73. The molecule has 0 unspecified atom stereocenters. The topological polar surface area (TPSA) is 345 Å². The van der Waals surface area contributed by atoms with E-state index in [0.717, 1.165) is 47.1 Å². The molecular formula is C39H30N8O15S4. The van der Waals surface area contributed by atoms with Gasteiger partial charge in [-0.25, -0.2) is 10.5 Å². The number of amides is 1. The molecule has 27 heteroatoms. The smallest absolute Gasteiger partial charge is 0.296 e. The molecule has 8 N–H and O–H groups in total. The molecule has 0 bridgehead atoms. The number of azo groups is 3. The Bertz CT molecular complexity index is 3390. The van der Waals surface area contributed by atoms with Crippen molar-refractivity contribution in [1.29, 1.82) is 0 Å². The van der Waals surface area contributed by atoms with E-state index in [4.69, 9.17) is 21.0 Å². The lowest BCUT2D eigenvalue weighted by Gasteiger charge is -2.12. The number of ether oxygens (including phenoxy) is 1. The Morgan fingerprint density at radius 3 is 2.00 bits per heavy atom. The molecule has 0 atom stereocenters. The van der Waals surface area contributed by atoms with Gasteiger partial charge in [0.15, 0.2) is 5.75 Å². The van der Waals surface area contributed by atoms with Crippen LogP contribution in [0.15, 0.2) is 147 Å². The minimum atomic E-state index is -4.78. The Morgan fingerprint density at radius 1 is 0.652 bits per heavy atom. The Morgan fingerprint density at radius 2 is 1.32 bits per heavy atom. The second-order valence-electron chi connectivity index (χ2n) is 13.4. The van der Waals surface area contributed by atoms with Crippen molar-refractivity contribution < 1.29 is 69.8 Å². The van der Waals surface area contributed by atoms with Crippen LogP contribution in [0.4, 0.5) is 45.5 Å². The lowest BCUT2D eigenvalue weighted by atomic mass is 10.1. The maximum absolute atomic E-state index is 12.3. The minimum absolute atomic E-state index is 0.0262. The normalized spacial score (nSPS) is 12.4. The largest absolute Gasteiger partial charge is 0.505 e. The molecule has 0 radical (unpaired) electrons. The minimum Gasteiger partial charge on any atom is -0.505 e. The van der Waals surface area contributed by atoms with Gasteiger partial charge in [0.25, 0.3) is 20.2 Å². The fourth-order valence-corrected chi connectivity index (χ4v) is 8.53. The van der Waals surface area contributed by atoms with Gasteiger partial charge >= 0.3 is 0 Å². The highest BCUT2D eigenvalue weighted by Crippen LogP contribution is 2.47. The number of nitrogens with one attached hydrogen (secondary N) is 1. The number of phenols is 1. The van der Waals surface area contributed by atoms with Gasteiger partial charge in [-0.1, -0.05) is 34.3 Å². The molecule has 1 amide bonds. The van der Waals surface area contributed by atoms with Crippen LogP contribution in [0.2, 0.25) is 0 Å². The van der Waals surface area contributed by atoms with Crippen LogP contribution in [0.1, 0.15) is 6.92 Å². The number of phenolic OH excluding ortho intramolecular Hbond substituents is 1. The molecule has 0 aliphatic rings. The lowest BCUT2D eigenvalue weighted by molar-refractivity contribution is -0.432. The van der Waals surface area contributed by atoms with E-state index in [-0.39, 0.29) is 66.3 Å². The summed E-state index contributed by atoms with van der Waals surface area (Å²) in [4.78, 5) is 11.7. The monoisotopic (exact) mass is 978 g/mol. The summed E-state index contributed by atoms with van der Waals surface area (Å²) in [5.41, 5.74) is 6.20. The molecule has 0 saturated carbocycles. The lowest BCUT2D eigenvalue weighted by Crippen LogP contribution is -2.05. The summed E-state index contributed by atoms with van der Waals surface area (Å²) in [5, 5.41) is 66.5. The number of carbonyl (C=O) groups excluding carboxylic acids is 1. The van der Waals surface area contributed by atoms with Gasteiger partial charge in [-0.3, -0.25) is 13.9 Å². The van der Waals surface area contributed by atoms with E-state index in [2.05, 4.69) is 54.7 Å². The first-order valence-corrected chi connectivity index (χ1v) is 22.5. The molecule has 340 valence electrons. The maximum atomic E-state index is 12.3. The number of rotatable bonds is 16. The molecule has 0 aliphatic heterocycles. The number of hydrogen-bond acceptors (Lipinski definition) is 22. The Balaban J connectivity index is 1.27. The second-order valence-corrected chi connectivity index (χ2v) is 17.7. The first kappa shape index (κ1) is 47.2. The van der Waals surface area contributed by atoms with Gasteiger partial charge in [0, 0.05) is 34.0 Å². The number of carbonyl (C=O) groups is 1. The number of nitrogen functional groups attached to an aromatic ring is 1. The zero-order chi connectivity index (χ0) is 47.3. The van der Waals surface area contributed by atoms with E-state index in [1.54, 1.807) is 30.3 Å². The van der Waals surface area contributed by atoms with Gasteiger partial charge in [0.05, 0.1) is 69.4 Å². The van der Waals surface area contributed by atoms with Crippen LogP contribution in [0.5, 0.6) is 11.5 Å². The van der Waals surface area contributed by atoms with Crippen LogP contribution >= 0.6 is 24.1 Å². The van der Waals surface area contributed by atoms with Crippen molar-refractivity contribution in [3.05, 3.63) is 97.1 Å². The van der Waals surface area contributed by atoms with Gasteiger partial charge < -0.3 is 20.9 Å². The molecule has 7 rings (SSSR count). The first-order chi connectivity index (χ1) is 31.5. The zero-order valence-electron chi connectivity index (χ0n) is 33.4. The third kappa shape index (κ3) is 10.5. The summed E-state index contributed by atoms with van der Waals surface area (Å²) >= 11 is 1.14. The maximum Gasteiger partial charge on any atom is 0.296 e. The van der Waals surface area contributed by atoms with Gasteiger partial charge in [-0.2, -0.15) is 21.9 Å². The number of benzene rings is 7. The van der Waals surface area contributed by atoms with E-state index in [9.17, 15) is 35.8 Å². The predicted molar refractivity (Wildman–Crippen MR) is 239 cm³/mol. The highest BCUT2D eigenvalue weighted by Gasteiger charge is 2.22. The van der Waals surface area contributed by atoms with Crippen LogP contribution in [0.3, 0.4) is 0 Å². The SMILES string of the molecule is COc1cc(N=Nc2ccc3c(SOOO)cccc3c2)c(NC(C)=O)cc1N=Nc1ccc(N=Nc2c(SOOO)cc3cc(S(=O)(=O)O)c(N)cc3c2O)c2cc(S(=O)(=O)O)ccc12. The van der Waals surface area contributed by atoms with Crippen molar-refractivity contribution in [3.63, 3.8) is 0 Å². The second kappa shape index (κ2) is 19.8. The molecule has 7 aromatic rings. The number of fused-ring (bicyclic) bond motifs is 3. The standard InChI is InChI=1S/C39H30N8O15S4/c1-19(48)41-31-17-33(34(58-2)18-32(31)45-42-22-6-8-24-20(12-22)4-3-5-35(24)63-61-59-50)46-43-29-10-11-30(27-15-23(65(52,53)54)7-9-25(27)29)44-47-38-36(64-62-60-51)13-21-14-37(66(55,56)57)28(40)16-26(21)39(38)49/h3-18,49-51H,40H2,1-2H3,(H,41,48)(H,52,53,54)(H,55,56,57). The molecule has 0 aliphatic carbocycles. The average Bonchev–Trinajstić information content (AvgIpc) is 3.27. The molecule has 23 nitrogen and oxygen atoms in total. The van der Waals surface area contributed by atoms with Crippen LogP contribution in [0.25, 0.3) is 32.3 Å². The third-order valence-electron chi connectivity index (χ3n) is 9.24. The predicted octanol–water partition coefficient (Wildman–Crippen LogP) is 11.0. The number of anilines is 2. The summed E-state index contributed by atoms with van der Waals surface area (Å²) in [6.07, 6.45) is 0. The molecule has 0 heterocycles. The molecule has 0 fully saturated rings. The van der Waals surface area contributed by atoms with Crippen LogP contribution in [-0.2, 0) is 43.8 Å². The fourth-order valence-electron chi connectivity index (χ4n) is 6.38. The fraction of sp³-hybridized carbons (Fsp3) is 0.0513. The summed E-state index contributed by atoms with van der Waals surface area (Å²) in [6.45, 7) is 1.29. The van der Waals surface area contributed by atoms with Crippen molar-refractivity contribution in [2.75, 3.05) is 18.2 Å². The first-order valence-electron chi connectivity index (χ1n) is 18.2. The summed E-state index contributed by atoms with van der Waals surface area (Å²) < 4.78 is 82.6. The van der Waals surface area contributed by atoms with E-state index in [1.165, 1.54) is 50.4 Å². The molecule has 0 spiro atoms. The van der Waals surface area contributed by atoms with E-state index in [1.807, 2.05) is 6.07 Å². The zero-order valence-corrected chi connectivity index (χ0v) is 36.7. The van der Waals surface area contributed by atoms with Gasteiger partial charge in [-0.05, 0) is 82.9 Å². The van der Waals surface area contributed by atoms with Crippen molar-refractivity contribution in [2.45, 2.75) is 26.5 Å². The Kier molecular flexibility index (Phi) is 14.2. The van der Waals surface area contributed by atoms with Gasteiger partial charge in [-0.15, -0.1) is 34.2 Å². The van der Waals surface area contributed by atoms with E-state index < -0.39 is 47.4 Å². The van der Waals surface area contributed by atoms with Crippen LogP contribution in [-0.4, -0.2) is 54.6 Å². The van der Waals surface area contributed by atoms with Crippen LogP contribution in [0, 0.1) is 0 Å². The summed E-state index contributed by atoms with van der Waals surface area (Å²) in [6, 6.07) is 23.2. The number of aromatic hydroxyl groups is 1. The summed E-state index contributed by atoms with van der Waals surface area (Å²) in [5.74, 6) is -0.888. The van der Waals surface area contributed by atoms with Crippen molar-refractivity contribution in [2.24, 2.45) is 30.7 Å². The molecule has 0 aromatic heterocycles. The van der Waals surface area contributed by atoms with Gasteiger partial charge in [0.1, 0.15) is 27.7 Å².